The maximum atomic E-state index is 4.52. The predicted molar refractivity (Wildman–Crippen MR) is 110 cm³/mol. The maximum absolute atomic E-state index is 4.52. The van der Waals surface area contributed by atoms with Gasteiger partial charge in [0.2, 0.25) is 0 Å². The largest absolute Gasteiger partial charge is 0.356 e. The summed E-state index contributed by atoms with van der Waals surface area (Å²) >= 11 is 0. The smallest absolute Gasteiger partial charge is 0.190 e. The summed E-state index contributed by atoms with van der Waals surface area (Å²) in [6.07, 6.45) is 5.08. The summed E-state index contributed by atoms with van der Waals surface area (Å²) < 4.78 is 2.09. The molecule has 134 valence electrons. The van der Waals surface area contributed by atoms with Gasteiger partial charge >= 0.3 is 0 Å². The van der Waals surface area contributed by atoms with Crippen LogP contribution in [-0.2, 0) is 6.54 Å². The number of hydrogen-bond donors (Lipinski definition) is 2. The van der Waals surface area contributed by atoms with Gasteiger partial charge in [-0.1, -0.05) is 33.1 Å². The summed E-state index contributed by atoms with van der Waals surface area (Å²) in [6, 6.07) is 2.12. The van der Waals surface area contributed by atoms with E-state index in [-0.39, 0.29) is 24.0 Å². The normalized spacial score (nSPS) is 12.7. The quantitative estimate of drug-likeness (QED) is 0.270. The minimum Gasteiger partial charge on any atom is -0.356 e. The van der Waals surface area contributed by atoms with Crippen LogP contribution in [0.4, 0.5) is 0 Å². The zero-order valence-electron chi connectivity index (χ0n) is 15.4. The molecule has 1 heterocycles. The molecule has 0 spiro atoms. The Hall–Kier alpha value is -0.790. The van der Waals surface area contributed by atoms with Crippen LogP contribution in [0.15, 0.2) is 11.1 Å². The molecular weight excluding hydrogens is 401 g/mol. The Labute approximate surface area is 158 Å². The summed E-state index contributed by atoms with van der Waals surface area (Å²) in [5.74, 6) is 1.40. The molecule has 0 aliphatic heterocycles. The van der Waals surface area contributed by atoms with Crippen LogP contribution in [0.5, 0.6) is 0 Å². The van der Waals surface area contributed by atoms with Crippen molar-refractivity contribution in [1.82, 2.24) is 20.4 Å². The summed E-state index contributed by atoms with van der Waals surface area (Å²) in [6.45, 7) is 11.4. The molecule has 0 aliphatic carbocycles. The molecule has 5 nitrogen and oxygen atoms in total. The summed E-state index contributed by atoms with van der Waals surface area (Å²) in [4.78, 5) is 4.28. The molecule has 0 aliphatic rings. The number of aryl methyl sites for hydroxylation is 2. The van der Waals surface area contributed by atoms with Gasteiger partial charge in [0.05, 0.1) is 5.69 Å². The van der Waals surface area contributed by atoms with Crippen LogP contribution in [0, 0.1) is 19.8 Å². The number of rotatable bonds is 9. The standard InChI is InChI=1S/C17H33N5.HI/c1-6-7-8-9-10-19-17(18-5)20-12-14(2)13-22-16(4)11-15(3)21-22;/h11,14H,6-10,12-13H2,1-5H3,(H2,18,19,20);1H. The SMILES string of the molecule is CCCCCCNC(=NC)NCC(C)Cn1nc(C)cc1C.I. The number of hydrogen-bond acceptors (Lipinski definition) is 2. The fourth-order valence-corrected chi connectivity index (χ4v) is 2.47. The first-order chi connectivity index (χ1) is 10.6. The highest BCUT2D eigenvalue weighted by molar-refractivity contribution is 14.0. The Kier molecular flexibility index (Phi) is 12.2. The highest BCUT2D eigenvalue weighted by Gasteiger charge is 2.08. The van der Waals surface area contributed by atoms with Crippen LogP contribution in [0.2, 0.25) is 0 Å². The lowest BCUT2D eigenvalue weighted by Gasteiger charge is -2.16. The van der Waals surface area contributed by atoms with Crippen LogP contribution < -0.4 is 10.6 Å². The number of unbranched alkanes of at least 4 members (excludes halogenated alkanes) is 3. The molecule has 23 heavy (non-hydrogen) atoms. The van der Waals surface area contributed by atoms with Crippen molar-refractivity contribution >= 4 is 29.9 Å². The molecule has 0 amide bonds. The molecular formula is C17H34IN5. The third kappa shape index (κ3) is 9.17. The topological polar surface area (TPSA) is 54.2 Å². The molecule has 0 fully saturated rings. The molecule has 0 bridgehead atoms. The fraction of sp³-hybridized carbons (Fsp3) is 0.765. The average Bonchev–Trinajstić information content (AvgIpc) is 2.79. The summed E-state index contributed by atoms with van der Waals surface area (Å²) in [5.41, 5.74) is 2.31. The van der Waals surface area contributed by atoms with E-state index in [1.54, 1.807) is 0 Å². The lowest BCUT2D eigenvalue weighted by Crippen LogP contribution is -2.40. The zero-order chi connectivity index (χ0) is 16.4. The van der Waals surface area contributed by atoms with E-state index in [0.29, 0.717) is 5.92 Å². The van der Waals surface area contributed by atoms with E-state index < -0.39 is 0 Å². The van der Waals surface area contributed by atoms with E-state index in [4.69, 9.17) is 0 Å². The number of aliphatic imine (C=N–C) groups is 1. The molecule has 1 rings (SSSR count). The van der Waals surface area contributed by atoms with E-state index >= 15 is 0 Å². The number of aromatic nitrogens is 2. The second kappa shape index (κ2) is 12.6. The van der Waals surface area contributed by atoms with Crippen LogP contribution in [-0.4, -0.2) is 35.9 Å². The summed E-state index contributed by atoms with van der Waals surface area (Å²) in [5, 5.41) is 11.3. The molecule has 1 atom stereocenters. The maximum Gasteiger partial charge on any atom is 0.190 e. The van der Waals surface area contributed by atoms with E-state index in [0.717, 1.165) is 31.3 Å². The van der Waals surface area contributed by atoms with Crippen LogP contribution in [0.1, 0.15) is 50.9 Å². The Morgan fingerprint density at radius 2 is 2.00 bits per heavy atom. The highest BCUT2D eigenvalue weighted by Crippen LogP contribution is 2.05. The van der Waals surface area contributed by atoms with Crippen molar-refractivity contribution in [2.45, 2.75) is 59.9 Å². The van der Waals surface area contributed by atoms with Crippen molar-refractivity contribution in [1.29, 1.82) is 0 Å². The van der Waals surface area contributed by atoms with Gasteiger partial charge in [-0.3, -0.25) is 9.67 Å². The fourth-order valence-electron chi connectivity index (χ4n) is 2.47. The lowest BCUT2D eigenvalue weighted by atomic mass is 10.2. The van der Waals surface area contributed by atoms with Crippen molar-refractivity contribution in [3.8, 4) is 0 Å². The molecule has 1 unspecified atom stereocenters. The molecule has 1 aromatic rings. The summed E-state index contributed by atoms with van der Waals surface area (Å²) in [7, 11) is 1.83. The van der Waals surface area contributed by atoms with Crippen LogP contribution >= 0.6 is 24.0 Å². The van der Waals surface area contributed by atoms with Crippen LogP contribution in [0.25, 0.3) is 0 Å². The first-order valence-electron chi connectivity index (χ1n) is 8.52. The van der Waals surface area contributed by atoms with Crippen molar-refractivity contribution in [3.63, 3.8) is 0 Å². The van der Waals surface area contributed by atoms with E-state index in [1.807, 2.05) is 14.0 Å². The Balaban J connectivity index is 0.00000484. The molecule has 0 saturated carbocycles. The zero-order valence-corrected chi connectivity index (χ0v) is 17.7. The average molecular weight is 435 g/mol. The second-order valence-corrected chi connectivity index (χ2v) is 6.15. The first kappa shape index (κ1) is 22.2. The third-order valence-corrected chi connectivity index (χ3v) is 3.75. The van der Waals surface area contributed by atoms with Gasteiger partial charge in [0.15, 0.2) is 5.96 Å². The van der Waals surface area contributed by atoms with Gasteiger partial charge in [0.25, 0.3) is 0 Å². The Morgan fingerprint density at radius 3 is 2.57 bits per heavy atom. The molecule has 1 aromatic heterocycles. The van der Waals surface area contributed by atoms with Gasteiger partial charge in [0, 0.05) is 32.4 Å². The molecule has 6 heteroatoms. The van der Waals surface area contributed by atoms with Gasteiger partial charge in [-0.15, -0.1) is 24.0 Å². The van der Waals surface area contributed by atoms with Crippen molar-refractivity contribution in [2.24, 2.45) is 10.9 Å². The molecule has 2 N–H and O–H groups in total. The number of nitrogens with one attached hydrogen (secondary N) is 2. The number of halogens is 1. The molecule has 0 saturated heterocycles. The number of nitrogens with zero attached hydrogens (tertiary/aromatic N) is 3. The van der Waals surface area contributed by atoms with Crippen molar-refractivity contribution < 1.29 is 0 Å². The highest BCUT2D eigenvalue weighted by atomic mass is 127. The number of guanidine groups is 1. The van der Waals surface area contributed by atoms with Crippen LogP contribution in [0.3, 0.4) is 0 Å². The van der Waals surface area contributed by atoms with E-state index in [2.05, 4.69) is 52.2 Å². The predicted octanol–water partition coefficient (Wildman–Crippen LogP) is 3.50. The lowest BCUT2D eigenvalue weighted by molar-refractivity contribution is 0.435. The first-order valence-corrected chi connectivity index (χ1v) is 8.52. The monoisotopic (exact) mass is 435 g/mol. The Bertz CT molecular complexity index is 456. The second-order valence-electron chi connectivity index (χ2n) is 6.15. The van der Waals surface area contributed by atoms with Gasteiger partial charge in [-0.05, 0) is 32.3 Å². The van der Waals surface area contributed by atoms with Gasteiger partial charge < -0.3 is 10.6 Å². The van der Waals surface area contributed by atoms with E-state index in [9.17, 15) is 0 Å². The Morgan fingerprint density at radius 1 is 1.26 bits per heavy atom. The van der Waals surface area contributed by atoms with Gasteiger partial charge in [0.1, 0.15) is 0 Å². The van der Waals surface area contributed by atoms with Crippen molar-refractivity contribution in [2.75, 3.05) is 20.1 Å². The van der Waals surface area contributed by atoms with Crippen molar-refractivity contribution in [3.05, 3.63) is 17.5 Å². The molecule has 0 aromatic carbocycles. The van der Waals surface area contributed by atoms with E-state index in [1.165, 1.54) is 31.4 Å². The molecule has 0 radical (unpaired) electrons. The van der Waals surface area contributed by atoms with Gasteiger partial charge in [-0.2, -0.15) is 5.10 Å². The minimum atomic E-state index is 0. The van der Waals surface area contributed by atoms with Gasteiger partial charge in [-0.25, -0.2) is 0 Å². The third-order valence-electron chi connectivity index (χ3n) is 3.75. The minimum absolute atomic E-state index is 0.